The first-order valence-corrected chi connectivity index (χ1v) is 7.68. The van der Waals surface area contributed by atoms with Gasteiger partial charge in [-0.25, -0.2) is 0 Å². The van der Waals surface area contributed by atoms with Gasteiger partial charge in [0.05, 0.1) is 6.61 Å². The summed E-state index contributed by atoms with van der Waals surface area (Å²) in [7, 11) is 0. The molecule has 1 aromatic carbocycles. The van der Waals surface area contributed by atoms with Crippen LogP contribution in [-0.4, -0.2) is 22.7 Å². The van der Waals surface area contributed by atoms with E-state index >= 15 is 0 Å². The fraction of sp³-hybridized carbons (Fsp3) is 0.400. The van der Waals surface area contributed by atoms with Crippen LogP contribution in [0.15, 0.2) is 33.3 Å². The maximum absolute atomic E-state index is 12.0. The molecule has 1 aliphatic carbocycles. The fourth-order valence-electron chi connectivity index (χ4n) is 2.20. The molecule has 1 aromatic heterocycles. The molecule has 1 saturated carbocycles. The van der Waals surface area contributed by atoms with Crippen LogP contribution in [0, 0.1) is 0 Å². The summed E-state index contributed by atoms with van der Waals surface area (Å²) in [4.78, 5) is 16.4. The van der Waals surface area contributed by atoms with Gasteiger partial charge in [0.25, 0.3) is 0 Å². The van der Waals surface area contributed by atoms with Crippen LogP contribution >= 0.6 is 15.9 Å². The minimum absolute atomic E-state index is 0.260. The number of aromatic nitrogens is 2. The summed E-state index contributed by atoms with van der Waals surface area (Å²) in [6.07, 6.45) is 2.01. The highest BCUT2D eigenvalue weighted by molar-refractivity contribution is 9.10. The molecule has 1 aliphatic rings. The molecule has 0 spiro atoms. The summed E-state index contributed by atoms with van der Waals surface area (Å²) < 4.78 is 11.4. The predicted octanol–water partition coefficient (Wildman–Crippen LogP) is 3.02. The van der Waals surface area contributed by atoms with Crippen LogP contribution in [0.1, 0.15) is 37.0 Å². The Bertz CT molecular complexity index is 647. The van der Waals surface area contributed by atoms with Crippen molar-refractivity contribution >= 4 is 21.9 Å². The summed E-state index contributed by atoms with van der Waals surface area (Å²) in [6, 6.07) is 7.94. The standard InChI is InChI=1S/C15H15BrN2O3/c1-2-20-14(19)15(7-8-15)13-17-12(18-21-13)9-10-3-5-11(16)6-4-10/h3-6H,2,7-9H2,1H3. The first-order chi connectivity index (χ1) is 10.1. The van der Waals surface area contributed by atoms with E-state index in [1.165, 1.54) is 0 Å². The van der Waals surface area contributed by atoms with E-state index < -0.39 is 5.41 Å². The maximum atomic E-state index is 12.0. The van der Waals surface area contributed by atoms with Gasteiger partial charge in [-0.05, 0) is 37.5 Å². The van der Waals surface area contributed by atoms with E-state index in [1.54, 1.807) is 6.92 Å². The van der Waals surface area contributed by atoms with Crippen molar-refractivity contribution in [1.29, 1.82) is 0 Å². The predicted molar refractivity (Wildman–Crippen MR) is 78.8 cm³/mol. The van der Waals surface area contributed by atoms with E-state index in [4.69, 9.17) is 9.26 Å². The van der Waals surface area contributed by atoms with E-state index in [1.807, 2.05) is 24.3 Å². The van der Waals surface area contributed by atoms with Crippen molar-refractivity contribution in [3.05, 3.63) is 46.0 Å². The molecule has 2 aromatic rings. The Morgan fingerprint density at radius 3 is 2.71 bits per heavy atom. The third-order valence-electron chi connectivity index (χ3n) is 3.57. The first-order valence-electron chi connectivity index (χ1n) is 6.89. The highest BCUT2D eigenvalue weighted by Crippen LogP contribution is 2.48. The van der Waals surface area contributed by atoms with Crippen molar-refractivity contribution in [3.8, 4) is 0 Å². The second kappa shape index (κ2) is 5.60. The molecule has 21 heavy (non-hydrogen) atoms. The number of esters is 1. The van der Waals surface area contributed by atoms with Crippen LogP contribution in [0.4, 0.5) is 0 Å². The van der Waals surface area contributed by atoms with Gasteiger partial charge in [0.2, 0.25) is 5.89 Å². The van der Waals surface area contributed by atoms with Crippen molar-refractivity contribution in [1.82, 2.24) is 10.1 Å². The minimum atomic E-state index is -0.693. The zero-order chi connectivity index (χ0) is 14.9. The number of rotatable bonds is 5. The number of benzene rings is 1. The average Bonchev–Trinajstić information content (AvgIpc) is 3.16. The largest absolute Gasteiger partial charge is 0.465 e. The lowest BCUT2D eigenvalue weighted by atomic mass is 10.1. The molecular weight excluding hydrogens is 336 g/mol. The number of hydrogen-bond acceptors (Lipinski definition) is 5. The third-order valence-corrected chi connectivity index (χ3v) is 4.10. The van der Waals surface area contributed by atoms with Gasteiger partial charge in [-0.15, -0.1) is 0 Å². The molecular formula is C15H15BrN2O3. The Morgan fingerprint density at radius 1 is 1.38 bits per heavy atom. The summed E-state index contributed by atoms with van der Waals surface area (Å²) in [5.41, 5.74) is 0.396. The summed E-state index contributed by atoms with van der Waals surface area (Å²) in [5, 5.41) is 3.98. The zero-order valence-corrected chi connectivity index (χ0v) is 13.2. The van der Waals surface area contributed by atoms with Crippen LogP contribution < -0.4 is 0 Å². The fourth-order valence-corrected chi connectivity index (χ4v) is 2.47. The molecule has 0 aliphatic heterocycles. The lowest BCUT2D eigenvalue weighted by Crippen LogP contribution is -2.23. The average molecular weight is 351 g/mol. The van der Waals surface area contributed by atoms with Crippen molar-refractivity contribution in [2.45, 2.75) is 31.6 Å². The van der Waals surface area contributed by atoms with Crippen molar-refractivity contribution in [2.75, 3.05) is 6.61 Å². The number of ether oxygens (including phenoxy) is 1. The highest BCUT2D eigenvalue weighted by Gasteiger charge is 2.57. The number of carbonyl (C=O) groups excluding carboxylic acids is 1. The Morgan fingerprint density at radius 2 is 2.10 bits per heavy atom. The van der Waals surface area contributed by atoms with E-state index in [-0.39, 0.29) is 5.97 Å². The molecule has 0 saturated heterocycles. The number of hydrogen-bond donors (Lipinski definition) is 0. The molecule has 5 nitrogen and oxygen atoms in total. The van der Waals surface area contributed by atoms with Gasteiger partial charge in [-0.2, -0.15) is 4.98 Å². The smallest absolute Gasteiger partial charge is 0.321 e. The molecule has 0 N–H and O–H groups in total. The van der Waals surface area contributed by atoms with Crippen LogP contribution in [0.3, 0.4) is 0 Å². The normalized spacial score (nSPS) is 15.7. The molecule has 110 valence electrons. The highest BCUT2D eigenvalue weighted by atomic mass is 79.9. The topological polar surface area (TPSA) is 65.2 Å². The Kier molecular flexibility index (Phi) is 3.80. The molecule has 0 amide bonds. The lowest BCUT2D eigenvalue weighted by molar-refractivity contribution is -0.146. The first kappa shape index (κ1) is 14.3. The Hall–Kier alpha value is -1.69. The van der Waals surface area contributed by atoms with Crippen LogP contribution in [-0.2, 0) is 21.4 Å². The second-order valence-corrected chi connectivity index (χ2v) is 6.04. The van der Waals surface area contributed by atoms with Gasteiger partial charge < -0.3 is 9.26 Å². The van der Waals surface area contributed by atoms with Crippen molar-refractivity contribution in [3.63, 3.8) is 0 Å². The van der Waals surface area contributed by atoms with Gasteiger partial charge in [0.1, 0.15) is 5.41 Å². The summed E-state index contributed by atoms with van der Waals surface area (Å²) in [5.74, 6) is 0.708. The Labute approximate surface area is 130 Å². The molecule has 0 bridgehead atoms. The molecule has 1 fully saturated rings. The number of nitrogens with zero attached hydrogens (tertiary/aromatic N) is 2. The Balaban J connectivity index is 1.75. The lowest BCUT2D eigenvalue weighted by Gasteiger charge is -2.08. The van der Waals surface area contributed by atoms with Gasteiger partial charge in [0, 0.05) is 10.9 Å². The molecule has 6 heteroatoms. The van der Waals surface area contributed by atoms with E-state index in [9.17, 15) is 4.79 Å². The summed E-state index contributed by atoms with van der Waals surface area (Å²) in [6.45, 7) is 2.15. The SMILES string of the molecule is CCOC(=O)C1(c2nc(Cc3ccc(Br)cc3)no2)CC1. The van der Waals surface area contributed by atoms with Crippen LogP contribution in [0.25, 0.3) is 0 Å². The van der Waals surface area contributed by atoms with E-state index in [0.29, 0.717) is 37.6 Å². The molecule has 3 rings (SSSR count). The molecule has 0 radical (unpaired) electrons. The van der Waals surface area contributed by atoms with Gasteiger partial charge in [-0.1, -0.05) is 33.2 Å². The zero-order valence-electron chi connectivity index (χ0n) is 11.6. The van der Waals surface area contributed by atoms with Crippen molar-refractivity contribution in [2.24, 2.45) is 0 Å². The summed E-state index contributed by atoms with van der Waals surface area (Å²) >= 11 is 3.40. The van der Waals surface area contributed by atoms with E-state index in [2.05, 4.69) is 26.1 Å². The molecule has 0 atom stereocenters. The second-order valence-electron chi connectivity index (χ2n) is 5.12. The van der Waals surface area contributed by atoms with Gasteiger partial charge in [-0.3, -0.25) is 4.79 Å². The third kappa shape index (κ3) is 2.85. The molecule has 0 unspecified atom stereocenters. The van der Waals surface area contributed by atoms with Crippen LogP contribution in [0.5, 0.6) is 0 Å². The molecule has 1 heterocycles. The number of halogens is 1. The number of carbonyl (C=O) groups is 1. The quantitative estimate of drug-likeness (QED) is 0.775. The monoisotopic (exact) mass is 350 g/mol. The van der Waals surface area contributed by atoms with Gasteiger partial charge in [0.15, 0.2) is 5.82 Å². The van der Waals surface area contributed by atoms with Crippen molar-refractivity contribution < 1.29 is 14.1 Å². The van der Waals surface area contributed by atoms with Crippen LogP contribution in [0.2, 0.25) is 0 Å². The van der Waals surface area contributed by atoms with E-state index in [0.717, 1.165) is 10.0 Å². The van der Waals surface area contributed by atoms with Gasteiger partial charge >= 0.3 is 5.97 Å². The minimum Gasteiger partial charge on any atom is -0.465 e. The maximum Gasteiger partial charge on any atom is 0.321 e.